The van der Waals surface area contributed by atoms with Gasteiger partial charge in [0.25, 0.3) is 0 Å². The number of aliphatic hydroxyl groups is 1. The number of nitrogens with zero attached hydrogens (tertiary/aromatic N) is 2. The Labute approximate surface area is 113 Å². The number of carbonyl (C=O) groups excluding carboxylic acids is 1. The van der Waals surface area contributed by atoms with Gasteiger partial charge in [0.15, 0.2) is 0 Å². The molecule has 104 valence electrons. The molecular formula is C14H21N3O2. The van der Waals surface area contributed by atoms with E-state index in [9.17, 15) is 9.90 Å². The highest BCUT2D eigenvalue weighted by Crippen LogP contribution is 2.49. The van der Waals surface area contributed by atoms with Gasteiger partial charge in [-0.25, -0.2) is 0 Å². The van der Waals surface area contributed by atoms with Crippen molar-refractivity contribution in [2.24, 2.45) is 17.1 Å². The van der Waals surface area contributed by atoms with Gasteiger partial charge in [-0.2, -0.15) is 5.26 Å². The third-order valence-corrected chi connectivity index (χ3v) is 5.35. The van der Waals surface area contributed by atoms with Gasteiger partial charge in [0, 0.05) is 11.5 Å². The SMILES string of the molecule is N#C[C@@H]1C[C@@H]2C[C@@H]2N1C(=O)[C@@H](N)C1(CO)CCCC1. The number of piperidine rings is 1. The summed E-state index contributed by atoms with van der Waals surface area (Å²) in [6.45, 7) is -0.0287. The number of amides is 1. The van der Waals surface area contributed by atoms with Gasteiger partial charge in [-0.05, 0) is 31.6 Å². The molecule has 0 aromatic heterocycles. The highest BCUT2D eigenvalue weighted by molar-refractivity contribution is 5.84. The Morgan fingerprint density at radius 1 is 1.47 bits per heavy atom. The zero-order valence-corrected chi connectivity index (χ0v) is 11.1. The summed E-state index contributed by atoms with van der Waals surface area (Å²) in [5, 5.41) is 18.8. The van der Waals surface area contributed by atoms with E-state index >= 15 is 0 Å². The van der Waals surface area contributed by atoms with Crippen LogP contribution < -0.4 is 5.73 Å². The van der Waals surface area contributed by atoms with Gasteiger partial charge in [-0.15, -0.1) is 0 Å². The molecule has 3 N–H and O–H groups in total. The number of nitriles is 1. The number of hydrogen-bond donors (Lipinski definition) is 2. The van der Waals surface area contributed by atoms with Gasteiger partial charge in [-0.3, -0.25) is 4.79 Å². The average molecular weight is 263 g/mol. The lowest BCUT2D eigenvalue weighted by Crippen LogP contribution is -2.55. The Bertz CT molecular complexity index is 425. The van der Waals surface area contributed by atoms with Gasteiger partial charge >= 0.3 is 0 Å². The van der Waals surface area contributed by atoms with E-state index in [0.717, 1.165) is 38.5 Å². The van der Waals surface area contributed by atoms with Crippen LogP contribution in [0.1, 0.15) is 38.5 Å². The highest BCUT2D eigenvalue weighted by Gasteiger charge is 2.56. The van der Waals surface area contributed by atoms with E-state index in [2.05, 4.69) is 6.07 Å². The fourth-order valence-corrected chi connectivity index (χ4v) is 3.96. The molecule has 4 atom stereocenters. The topological polar surface area (TPSA) is 90.4 Å². The Kier molecular flexibility index (Phi) is 3.03. The Morgan fingerprint density at radius 3 is 2.74 bits per heavy atom. The Balaban J connectivity index is 1.78. The van der Waals surface area contributed by atoms with Crippen molar-refractivity contribution in [2.45, 2.75) is 56.7 Å². The van der Waals surface area contributed by atoms with Crippen LogP contribution in [0.5, 0.6) is 0 Å². The van der Waals surface area contributed by atoms with Crippen molar-refractivity contribution >= 4 is 5.91 Å². The minimum absolute atomic E-state index is 0.0287. The molecule has 1 amide bonds. The minimum atomic E-state index is -0.657. The predicted molar refractivity (Wildman–Crippen MR) is 68.7 cm³/mol. The maximum atomic E-state index is 12.6. The van der Waals surface area contributed by atoms with E-state index in [1.54, 1.807) is 4.90 Å². The summed E-state index contributed by atoms with van der Waals surface area (Å²) in [5.41, 5.74) is 5.73. The van der Waals surface area contributed by atoms with Crippen LogP contribution in [-0.4, -0.2) is 40.6 Å². The summed E-state index contributed by atoms with van der Waals surface area (Å²) in [7, 11) is 0. The Hall–Kier alpha value is -1.12. The number of hydrogen-bond acceptors (Lipinski definition) is 4. The van der Waals surface area contributed by atoms with Crippen molar-refractivity contribution in [3.05, 3.63) is 0 Å². The monoisotopic (exact) mass is 263 g/mol. The minimum Gasteiger partial charge on any atom is -0.396 e. The number of carbonyl (C=O) groups is 1. The van der Waals surface area contributed by atoms with Crippen molar-refractivity contribution in [3.8, 4) is 6.07 Å². The molecule has 2 aliphatic carbocycles. The maximum Gasteiger partial charge on any atom is 0.241 e. The number of rotatable bonds is 3. The van der Waals surface area contributed by atoms with Crippen LogP contribution in [0.4, 0.5) is 0 Å². The first-order valence-electron chi connectivity index (χ1n) is 7.21. The molecule has 0 radical (unpaired) electrons. The van der Waals surface area contributed by atoms with Gasteiger partial charge < -0.3 is 15.7 Å². The zero-order chi connectivity index (χ0) is 13.6. The fourth-order valence-electron chi connectivity index (χ4n) is 3.96. The summed E-state index contributed by atoms with van der Waals surface area (Å²) < 4.78 is 0. The molecule has 0 bridgehead atoms. The molecule has 3 fully saturated rings. The second-order valence-corrected chi connectivity index (χ2v) is 6.39. The first kappa shape index (κ1) is 12.9. The van der Waals surface area contributed by atoms with Crippen LogP contribution in [0.25, 0.3) is 0 Å². The van der Waals surface area contributed by atoms with Crippen molar-refractivity contribution in [1.29, 1.82) is 5.26 Å². The first-order valence-corrected chi connectivity index (χ1v) is 7.21. The molecule has 5 nitrogen and oxygen atoms in total. The predicted octanol–water partition coefficient (Wildman–Crippen LogP) is 0.379. The zero-order valence-electron chi connectivity index (χ0n) is 11.1. The Morgan fingerprint density at radius 2 is 2.16 bits per heavy atom. The second-order valence-electron chi connectivity index (χ2n) is 6.39. The van der Waals surface area contributed by atoms with Crippen molar-refractivity contribution in [1.82, 2.24) is 4.90 Å². The normalized spacial score (nSPS) is 36.7. The molecule has 3 aliphatic rings. The quantitative estimate of drug-likeness (QED) is 0.770. The summed E-state index contributed by atoms with van der Waals surface area (Å²) in [6, 6.07) is 1.49. The molecule has 19 heavy (non-hydrogen) atoms. The van der Waals surface area contributed by atoms with Crippen molar-refractivity contribution < 1.29 is 9.90 Å². The van der Waals surface area contributed by atoms with Crippen LogP contribution in [0.2, 0.25) is 0 Å². The van der Waals surface area contributed by atoms with E-state index < -0.39 is 11.5 Å². The number of fused-ring (bicyclic) bond motifs is 1. The lowest BCUT2D eigenvalue weighted by molar-refractivity contribution is -0.137. The highest BCUT2D eigenvalue weighted by atomic mass is 16.3. The van der Waals surface area contributed by atoms with Crippen molar-refractivity contribution in [2.75, 3.05) is 6.61 Å². The smallest absolute Gasteiger partial charge is 0.241 e. The van der Waals surface area contributed by atoms with E-state index in [0.29, 0.717) is 5.92 Å². The van der Waals surface area contributed by atoms with Crippen molar-refractivity contribution in [3.63, 3.8) is 0 Å². The van der Waals surface area contributed by atoms with Crippen LogP contribution >= 0.6 is 0 Å². The number of likely N-dealkylation sites (tertiary alicyclic amines) is 1. The van der Waals surface area contributed by atoms with E-state index in [1.165, 1.54) is 0 Å². The second kappa shape index (κ2) is 4.46. The van der Waals surface area contributed by atoms with E-state index in [4.69, 9.17) is 11.0 Å². The van der Waals surface area contributed by atoms with Crippen LogP contribution in [0.15, 0.2) is 0 Å². The first-order chi connectivity index (χ1) is 9.13. The van der Waals surface area contributed by atoms with Gasteiger partial charge in [0.2, 0.25) is 5.91 Å². The molecule has 1 saturated heterocycles. The number of aliphatic hydroxyl groups excluding tert-OH is 1. The molecule has 0 aromatic rings. The van der Waals surface area contributed by atoms with Gasteiger partial charge in [-0.1, -0.05) is 12.8 Å². The maximum absolute atomic E-state index is 12.6. The molecule has 3 rings (SSSR count). The molecule has 0 aromatic carbocycles. The summed E-state index contributed by atoms with van der Waals surface area (Å²) in [6.07, 6.45) is 5.49. The molecule has 1 heterocycles. The molecule has 0 spiro atoms. The summed E-state index contributed by atoms with van der Waals surface area (Å²) >= 11 is 0. The summed E-state index contributed by atoms with van der Waals surface area (Å²) in [4.78, 5) is 14.4. The van der Waals surface area contributed by atoms with Crippen LogP contribution in [0.3, 0.4) is 0 Å². The van der Waals surface area contributed by atoms with Crippen LogP contribution in [0, 0.1) is 22.7 Å². The fraction of sp³-hybridized carbons (Fsp3) is 0.857. The standard InChI is InChI=1S/C14H21N3O2/c15-7-10-5-9-6-11(9)17(10)13(19)12(16)14(8-18)3-1-2-4-14/h9-12,18H,1-6,8,16H2/t9-,10+,11+,12-/m1/s1. The molecule has 2 saturated carbocycles. The third kappa shape index (κ3) is 1.86. The molecule has 1 aliphatic heterocycles. The van der Waals surface area contributed by atoms with Gasteiger partial charge in [0.1, 0.15) is 6.04 Å². The van der Waals surface area contributed by atoms with E-state index in [-0.39, 0.29) is 24.6 Å². The lowest BCUT2D eigenvalue weighted by atomic mass is 9.79. The lowest BCUT2D eigenvalue weighted by Gasteiger charge is -2.36. The average Bonchev–Trinajstić information content (AvgIpc) is 2.91. The molecular weight excluding hydrogens is 242 g/mol. The van der Waals surface area contributed by atoms with E-state index in [1.807, 2.05) is 0 Å². The third-order valence-electron chi connectivity index (χ3n) is 5.35. The largest absolute Gasteiger partial charge is 0.396 e. The van der Waals surface area contributed by atoms with Gasteiger partial charge in [0.05, 0.1) is 18.7 Å². The summed E-state index contributed by atoms with van der Waals surface area (Å²) in [5.74, 6) is 0.391. The molecule has 5 heteroatoms. The molecule has 0 unspecified atom stereocenters. The number of nitrogens with two attached hydrogens (primary N) is 1. The van der Waals surface area contributed by atoms with Crippen LogP contribution in [-0.2, 0) is 4.79 Å².